The SMILES string of the molecule is c1ccc(-c2ccc(-c3ccc(N(c4ccccc4)c4ccccc4-c4ccc5c(c4)-c4cccc6cccc(c46)O5)cc3)cc2-c2ccccc2)cc1. The van der Waals surface area contributed by atoms with Crippen LogP contribution in [0.5, 0.6) is 11.5 Å². The highest BCUT2D eigenvalue weighted by molar-refractivity contribution is 6.05. The molecule has 0 atom stereocenters. The number of para-hydroxylation sites is 2. The third-order valence-electron chi connectivity index (χ3n) is 10.5. The Bertz CT molecular complexity index is 2770. The molecule has 0 saturated heterocycles. The van der Waals surface area contributed by atoms with Crippen molar-refractivity contribution >= 4 is 27.8 Å². The summed E-state index contributed by atoms with van der Waals surface area (Å²) in [4.78, 5) is 2.36. The standard InChI is InChI=1S/C52H35NO/c1-4-14-37(15-5-1)44-32-28-40(34-47(44)38-16-6-2-7-17-38)36-26-30-43(31-27-36)53(42-20-8-3-9-21-42)49-24-11-10-22-45(49)41-29-33-50-48(35-41)46-23-12-18-39-19-13-25-51(54-50)52(39)46/h1-35H. The van der Waals surface area contributed by atoms with Crippen LogP contribution < -0.4 is 9.64 Å². The predicted octanol–water partition coefficient (Wildman–Crippen LogP) is 14.8. The second kappa shape index (κ2) is 13.4. The Labute approximate surface area is 315 Å². The van der Waals surface area contributed by atoms with E-state index in [0.717, 1.165) is 50.6 Å². The minimum Gasteiger partial charge on any atom is -0.456 e. The van der Waals surface area contributed by atoms with E-state index in [-0.39, 0.29) is 0 Å². The first-order valence-corrected chi connectivity index (χ1v) is 18.4. The van der Waals surface area contributed by atoms with Gasteiger partial charge in [-0.25, -0.2) is 0 Å². The van der Waals surface area contributed by atoms with Crippen molar-refractivity contribution < 1.29 is 4.74 Å². The van der Waals surface area contributed by atoms with Crippen molar-refractivity contribution in [3.8, 4) is 67.1 Å². The number of ether oxygens (including phenoxy) is 1. The molecule has 2 heteroatoms. The molecule has 1 aliphatic heterocycles. The molecule has 2 nitrogen and oxygen atoms in total. The lowest BCUT2D eigenvalue weighted by molar-refractivity contribution is 0.487. The van der Waals surface area contributed by atoms with Crippen LogP contribution >= 0.6 is 0 Å². The Morgan fingerprint density at radius 2 is 0.870 bits per heavy atom. The van der Waals surface area contributed by atoms with Crippen LogP contribution in [0, 0.1) is 0 Å². The van der Waals surface area contributed by atoms with Crippen LogP contribution in [0.15, 0.2) is 212 Å². The van der Waals surface area contributed by atoms with Crippen molar-refractivity contribution in [3.05, 3.63) is 212 Å². The van der Waals surface area contributed by atoms with E-state index in [4.69, 9.17) is 4.74 Å². The Kier molecular flexibility index (Phi) is 7.85. The van der Waals surface area contributed by atoms with Crippen molar-refractivity contribution in [1.82, 2.24) is 0 Å². The van der Waals surface area contributed by atoms with Gasteiger partial charge in [-0.2, -0.15) is 0 Å². The molecule has 0 N–H and O–H groups in total. The summed E-state index contributed by atoms with van der Waals surface area (Å²) < 4.78 is 6.46. The van der Waals surface area contributed by atoms with Gasteiger partial charge in [-0.3, -0.25) is 0 Å². The lowest BCUT2D eigenvalue weighted by Crippen LogP contribution is -2.11. The number of anilines is 3. The zero-order valence-corrected chi connectivity index (χ0v) is 29.6. The van der Waals surface area contributed by atoms with Crippen molar-refractivity contribution in [2.75, 3.05) is 4.90 Å². The molecule has 254 valence electrons. The van der Waals surface area contributed by atoms with E-state index in [1.165, 1.54) is 44.3 Å². The molecule has 1 aliphatic rings. The maximum absolute atomic E-state index is 6.46. The van der Waals surface area contributed by atoms with Gasteiger partial charge in [0.15, 0.2) is 0 Å². The fourth-order valence-electron chi connectivity index (χ4n) is 7.90. The van der Waals surface area contributed by atoms with Gasteiger partial charge < -0.3 is 9.64 Å². The summed E-state index contributed by atoms with van der Waals surface area (Å²) in [6.45, 7) is 0. The van der Waals surface area contributed by atoms with Gasteiger partial charge in [0.2, 0.25) is 0 Å². The fourth-order valence-corrected chi connectivity index (χ4v) is 7.90. The van der Waals surface area contributed by atoms with Crippen molar-refractivity contribution in [2.24, 2.45) is 0 Å². The smallest absolute Gasteiger partial charge is 0.135 e. The molecule has 9 aromatic rings. The normalized spacial score (nSPS) is 11.5. The number of benzene rings is 9. The van der Waals surface area contributed by atoms with E-state index in [1.807, 2.05) is 0 Å². The zero-order chi connectivity index (χ0) is 35.8. The minimum atomic E-state index is 0.880. The molecule has 0 spiro atoms. The molecule has 0 bridgehead atoms. The molecule has 10 rings (SSSR count). The van der Waals surface area contributed by atoms with Crippen LogP contribution in [0.4, 0.5) is 17.1 Å². The number of rotatable bonds is 7. The first kappa shape index (κ1) is 31.6. The predicted molar refractivity (Wildman–Crippen MR) is 226 cm³/mol. The second-order valence-electron chi connectivity index (χ2n) is 13.7. The Morgan fingerprint density at radius 1 is 0.296 bits per heavy atom. The average Bonchev–Trinajstić information content (AvgIpc) is 3.25. The van der Waals surface area contributed by atoms with E-state index in [0.29, 0.717) is 0 Å². The van der Waals surface area contributed by atoms with Gasteiger partial charge in [-0.15, -0.1) is 0 Å². The monoisotopic (exact) mass is 689 g/mol. The molecule has 0 unspecified atom stereocenters. The minimum absolute atomic E-state index is 0.880. The van der Waals surface area contributed by atoms with Crippen LogP contribution in [0.25, 0.3) is 66.4 Å². The summed E-state index contributed by atoms with van der Waals surface area (Å²) >= 11 is 0. The maximum Gasteiger partial charge on any atom is 0.135 e. The van der Waals surface area contributed by atoms with Crippen LogP contribution in [0.3, 0.4) is 0 Å². The molecule has 0 saturated carbocycles. The van der Waals surface area contributed by atoms with Gasteiger partial charge in [0.25, 0.3) is 0 Å². The molecule has 0 aliphatic carbocycles. The van der Waals surface area contributed by atoms with Crippen LogP contribution in [-0.4, -0.2) is 0 Å². The molecule has 1 heterocycles. The number of fused-ring (bicyclic) bond motifs is 2. The Hall–Kier alpha value is -7.16. The van der Waals surface area contributed by atoms with Crippen LogP contribution in [0.1, 0.15) is 0 Å². The largest absolute Gasteiger partial charge is 0.456 e. The lowest BCUT2D eigenvalue weighted by Gasteiger charge is -2.28. The van der Waals surface area contributed by atoms with Gasteiger partial charge >= 0.3 is 0 Å². The van der Waals surface area contributed by atoms with Gasteiger partial charge in [0, 0.05) is 27.9 Å². The highest BCUT2D eigenvalue weighted by Gasteiger charge is 2.22. The molecule has 9 aromatic carbocycles. The lowest BCUT2D eigenvalue weighted by atomic mass is 9.91. The Balaban J connectivity index is 1.06. The quantitative estimate of drug-likeness (QED) is 0.165. The number of hydrogen-bond donors (Lipinski definition) is 0. The first-order chi connectivity index (χ1) is 26.8. The Morgan fingerprint density at radius 3 is 1.63 bits per heavy atom. The number of hydrogen-bond acceptors (Lipinski definition) is 2. The molecule has 54 heavy (non-hydrogen) atoms. The van der Waals surface area contributed by atoms with Gasteiger partial charge in [0.05, 0.1) is 5.69 Å². The third-order valence-corrected chi connectivity index (χ3v) is 10.5. The summed E-state index contributed by atoms with van der Waals surface area (Å²) in [6, 6.07) is 75.8. The van der Waals surface area contributed by atoms with Crippen LogP contribution in [-0.2, 0) is 0 Å². The van der Waals surface area contributed by atoms with E-state index in [1.54, 1.807) is 0 Å². The topological polar surface area (TPSA) is 12.5 Å². The number of nitrogens with zero attached hydrogens (tertiary/aromatic N) is 1. The van der Waals surface area contributed by atoms with Crippen LogP contribution in [0.2, 0.25) is 0 Å². The summed E-state index contributed by atoms with van der Waals surface area (Å²) in [5, 5.41) is 2.35. The summed E-state index contributed by atoms with van der Waals surface area (Å²) in [6.07, 6.45) is 0. The highest BCUT2D eigenvalue weighted by Crippen LogP contribution is 2.49. The molecule has 0 aromatic heterocycles. The molecule has 0 radical (unpaired) electrons. The molecule has 0 fully saturated rings. The molecular formula is C52H35NO. The summed E-state index contributed by atoms with van der Waals surface area (Å²) in [5.74, 6) is 1.79. The molecular weight excluding hydrogens is 655 g/mol. The van der Waals surface area contributed by atoms with Gasteiger partial charge in [-0.1, -0.05) is 158 Å². The van der Waals surface area contributed by atoms with Crippen molar-refractivity contribution in [3.63, 3.8) is 0 Å². The van der Waals surface area contributed by atoms with E-state index < -0.39 is 0 Å². The average molecular weight is 690 g/mol. The van der Waals surface area contributed by atoms with E-state index >= 15 is 0 Å². The maximum atomic E-state index is 6.46. The zero-order valence-electron chi connectivity index (χ0n) is 29.6. The van der Waals surface area contributed by atoms with Crippen molar-refractivity contribution in [1.29, 1.82) is 0 Å². The second-order valence-corrected chi connectivity index (χ2v) is 13.7. The fraction of sp³-hybridized carbons (Fsp3) is 0. The summed E-state index contributed by atoms with van der Waals surface area (Å²) in [5.41, 5.74) is 15.1. The van der Waals surface area contributed by atoms with Gasteiger partial charge in [0.1, 0.15) is 11.5 Å². The summed E-state index contributed by atoms with van der Waals surface area (Å²) in [7, 11) is 0. The van der Waals surface area contributed by atoms with E-state index in [2.05, 4.69) is 217 Å². The third kappa shape index (κ3) is 5.62. The van der Waals surface area contributed by atoms with Crippen molar-refractivity contribution in [2.45, 2.75) is 0 Å². The first-order valence-electron chi connectivity index (χ1n) is 18.4. The molecule has 0 amide bonds. The highest BCUT2D eigenvalue weighted by atomic mass is 16.5. The van der Waals surface area contributed by atoms with E-state index in [9.17, 15) is 0 Å². The van der Waals surface area contributed by atoms with Gasteiger partial charge in [-0.05, 0) is 104 Å².